The number of aromatic hydroxyl groups is 1. The van der Waals surface area contributed by atoms with E-state index in [4.69, 9.17) is 25.4 Å². The number of phenols is 1. The normalized spacial score (nSPS) is 22.7. The highest BCUT2D eigenvalue weighted by Gasteiger charge is 2.45. The monoisotopic (exact) mass is 486 g/mol. The van der Waals surface area contributed by atoms with Crippen LogP contribution >= 0.6 is 7.82 Å². The molecule has 178 valence electrons. The van der Waals surface area contributed by atoms with Crippen LogP contribution in [0.2, 0.25) is 0 Å². The molecule has 7 N–H and O–H groups in total. The molecule has 4 rings (SSSR count). The number of nitro benzene ring substituents is 1. The number of benzene rings is 1. The number of fused-ring (bicyclic) bond motifs is 1. The number of non-ortho nitro benzene ring substituents is 1. The van der Waals surface area contributed by atoms with Crippen molar-refractivity contribution >= 4 is 30.5 Å². The second kappa shape index (κ2) is 9.72. The molecule has 1 fully saturated rings. The zero-order valence-electron chi connectivity index (χ0n) is 16.5. The number of anilines is 1. The third-order valence-electron chi connectivity index (χ3n) is 4.47. The Morgan fingerprint density at radius 3 is 2.45 bits per heavy atom. The minimum atomic E-state index is -4.72. The van der Waals surface area contributed by atoms with E-state index in [2.05, 4.69) is 19.5 Å². The molecule has 0 bridgehead atoms. The summed E-state index contributed by atoms with van der Waals surface area (Å²) in [6.07, 6.45) is -2.49. The fraction of sp³-hybridized carbons (Fsp3) is 0.312. The van der Waals surface area contributed by atoms with E-state index in [-0.39, 0.29) is 22.9 Å². The molecule has 17 heteroatoms. The number of hydrogen-bond acceptors (Lipinski definition) is 12. The van der Waals surface area contributed by atoms with Crippen LogP contribution in [0.15, 0.2) is 36.9 Å². The van der Waals surface area contributed by atoms with Gasteiger partial charge in [-0.3, -0.25) is 19.2 Å². The van der Waals surface area contributed by atoms with Gasteiger partial charge in [-0.05, 0) is 12.1 Å². The van der Waals surface area contributed by atoms with Gasteiger partial charge in [-0.25, -0.2) is 19.5 Å². The van der Waals surface area contributed by atoms with Crippen LogP contribution in [0, 0.1) is 10.1 Å². The zero-order valence-corrected chi connectivity index (χ0v) is 17.4. The summed E-state index contributed by atoms with van der Waals surface area (Å²) in [7, 11) is -4.72. The first-order chi connectivity index (χ1) is 15.5. The summed E-state index contributed by atoms with van der Waals surface area (Å²) in [4.78, 5) is 38.7. The number of aliphatic hydroxyl groups is 2. The van der Waals surface area contributed by atoms with Gasteiger partial charge in [0, 0.05) is 12.1 Å². The highest BCUT2D eigenvalue weighted by molar-refractivity contribution is 7.46. The van der Waals surface area contributed by atoms with E-state index in [1.54, 1.807) is 0 Å². The van der Waals surface area contributed by atoms with Crippen molar-refractivity contribution in [3.8, 4) is 5.75 Å². The van der Waals surface area contributed by atoms with Crippen molar-refractivity contribution in [3.05, 3.63) is 47.0 Å². The van der Waals surface area contributed by atoms with Crippen LogP contribution < -0.4 is 5.73 Å². The summed E-state index contributed by atoms with van der Waals surface area (Å²) in [5.74, 6) is 0.175. The number of aromatic nitrogens is 4. The van der Waals surface area contributed by atoms with E-state index >= 15 is 0 Å². The molecule has 33 heavy (non-hydrogen) atoms. The van der Waals surface area contributed by atoms with Gasteiger partial charge in [0.2, 0.25) is 0 Å². The first-order valence-electron chi connectivity index (χ1n) is 9.06. The highest BCUT2D eigenvalue weighted by atomic mass is 31.2. The van der Waals surface area contributed by atoms with Crippen LogP contribution in [0.3, 0.4) is 0 Å². The number of rotatable bonds is 5. The molecule has 0 spiro atoms. The Bertz CT molecular complexity index is 1170. The average molecular weight is 486 g/mol. The standard InChI is InChI=1S/C10H14N5O7P.C6H5NO3/c11-8-5-9(13-2-12-8)15(3-14-5)10-7(17)6(16)4(22-10)1-21-23(18,19)20;8-6-3-1-5(2-4-6)7(9)10/h2-4,6-7,10,16-17H,1H2,(H2,11,12,13)(H2,18,19,20);1-4,8H/t4-,6-,7-,10-;/m1./s1. The van der Waals surface area contributed by atoms with Gasteiger partial charge in [-0.15, -0.1) is 0 Å². The van der Waals surface area contributed by atoms with E-state index in [0.717, 1.165) is 0 Å². The number of nitrogens with zero attached hydrogens (tertiary/aromatic N) is 5. The molecule has 3 aromatic rings. The van der Waals surface area contributed by atoms with E-state index in [1.807, 2.05) is 0 Å². The van der Waals surface area contributed by atoms with Gasteiger partial charge in [0.15, 0.2) is 17.7 Å². The lowest BCUT2D eigenvalue weighted by Gasteiger charge is -2.16. The molecule has 2 aromatic heterocycles. The van der Waals surface area contributed by atoms with Crippen molar-refractivity contribution in [2.24, 2.45) is 0 Å². The molecule has 16 nitrogen and oxygen atoms in total. The molecule has 1 aromatic carbocycles. The second-order valence-electron chi connectivity index (χ2n) is 6.69. The molecular weight excluding hydrogens is 467 g/mol. The molecule has 0 aliphatic carbocycles. The Kier molecular flexibility index (Phi) is 7.19. The zero-order chi connectivity index (χ0) is 24.3. The van der Waals surface area contributed by atoms with Crippen LogP contribution in [0.4, 0.5) is 11.5 Å². The van der Waals surface area contributed by atoms with E-state index in [0.29, 0.717) is 5.52 Å². The summed E-state index contributed by atoms with van der Waals surface area (Å²) in [5, 5.41) is 38.8. The number of nitrogens with two attached hydrogens (primary N) is 1. The molecule has 1 aliphatic heterocycles. The third kappa shape index (κ3) is 5.77. The highest BCUT2D eigenvalue weighted by Crippen LogP contribution is 2.38. The van der Waals surface area contributed by atoms with Gasteiger partial charge in [0.25, 0.3) is 5.69 Å². The predicted octanol–water partition coefficient (Wildman–Crippen LogP) is -0.563. The van der Waals surface area contributed by atoms with Crippen LogP contribution in [0.5, 0.6) is 5.75 Å². The summed E-state index contributed by atoms with van der Waals surface area (Å²) in [6.45, 7) is -0.594. The Hall–Kier alpha value is -3.24. The number of phosphoric acid groups is 1. The lowest BCUT2D eigenvalue weighted by molar-refractivity contribution is -0.384. The fourth-order valence-corrected chi connectivity index (χ4v) is 3.24. The maximum Gasteiger partial charge on any atom is 0.469 e. The summed E-state index contributed by atoms with van der Waals surface area (Å²) in [6, 6.07) is 5.04. The van der Waals surface area contributed by atoms with Crippen molar-refractivity contribution in [1.82, 2.24) is 19.5 Å². The first-order valence-corrected chi connectivity index (χ1v) is 10.6. The number of ether oxygens (including phenoxy) is 1. The molecule has 0 radical (unpaired) electrons. The SMILES string of the molecule is Nc1ncnc2c1ncn2[C@@H]1O[C@H](COP(=O)(O)O)[C@@H](O)[C@H]1O.O=[N+]([O-])c1ccc(O)cc1. The molecule has 0 unspecified atom stereocenters. The van der Waals surface area contributed by atoms with Crippen molar-refractivity contribution in [2.45, 2.75) is 24.5 Å². The summed E-state index contributed by atoms with van der Waals surface area (Å²) < 4.78 is 21.8. The van der Waals surface area contributed by atoms with Crippen molar-refractivity contribution in [3.63, 3.8) is 0 Å². The fourth-order valence-electron chi connectivity index (χ4n) is 2.90. The van der Waals surface area contributed by atoms with Gasteiger partial charge in [-0.2, -0.15) is 0 Å². The van der Waals surface area contributed by atoms with Crippen LogP contribution in [0.25, 0.3) is 11.2 Å². The topological polar surface area (TPSA) is 249 Å². The van der Waals surface area contributed by atoms with Crippen LogP contribution in [0.1, 0.15) is 6.23 Å². The third-order valence-corrected chi connectivity index (χ3v) is 4.95. The van der Waals surface area contributed by atoms with Gasteiger partial charge in [-0.1, -0.05) is 0 Å². The molecule has 1 saturated heterocycles. The average Bonchev–Trinajstić information content (AvgIpc) is 3.29. The molecule has 1 aliphatic rings. The maximum atomic E-state index is 10.7. The Labute approximate surface area is 184 Å². The van der Waals surface area contributed by atoms with Crippen molar-refractivity contribution in [1.29, 1.82) is 0 Å². The van der Waals surface area contributed by atoms with Crippen LogP contribution in [-0.2, 0) is 13.8 Å². The quantitative estimate of drug-likeness (QED) is 0.150. The number of hydrogen-bond donors (Lipinski definition) is 6. The van der Waals surface area contributed by atoms with Gasteiger partial charge in [0.05, 0.1) is 17.9 Å². The largest absolute Gasteiger partial charge is 0.508 e. The number of phenolic OH excluding ortho intramolecular Hbond substituents is 1. The smallest absolute Gasteiger partial charge is 0.469 e. The second-order valence-corrected chi connectivity index (χ2v) is 7.93. The molecule has 0 amide bonds. The number of imidazole rings is 1. The number of nitro groups is 1. The first kappa shape index (κ1) is 24.4. The number of aliphatic hydroxyl groups excluding tert-OH is 2. The van der Waals surface area contributed by atoms with Crippen molar-refractivity contribution < 1.29 is 43.9 Å². The molecule has 4 atom stereocenters. The minimum absolute atomic E-state index is 0.0159. The predicted molar refractivity (Wildman–Crippen MR) is 108 cm³/mol. The van der Waals surface area contributed by atoms with E-state index < -0.39 is 43.9 Å². The van der Waals surface area contributed by atoms with Gasteiger partial charge in [0.1, 0.15) is 35.9 Å². The molecule has 3 heterocycles. The number of phosphoric ester groups is 1. The maximum absolute atomic E-state index is 10.7. The Morgan fingerprint density at radius 2 is 1.85 bits per heavy atom. The minimum Gasteiger partial charge on any atom is -0.508 e. The molecular formula is C16H19N6O10P. The molecule has 0 saturated carbocycles. The summed E-state index contributed by atoms with van der Waals surface area (Å²) in [5.41, 5.74) is 6.23. The lowest BCUT2D eigenvalue weighted by Crippen LogP contribution is -2.33. The van der Waals surface area contributed by atoms with Gasteiger partial charge < -0.3 is 35.6 Å². The van der Waals surface area contributed by atoms with Crippen molar-refractivity contribution in [2.75, 3.05) is 12.3 Å². The lowest BCUT2D eigenvalue weighted by atomic mass is 10.1. The Morgan fingerprint density at radius 1 is 1.18 bits per heavy atom. The number of nitrogen functional groups attached to an aromatic ring is 1. The Balaban J connectivity index is 0.000000257. The van der Waals surface area contributed by atoms with E-state index in [1.165, 1.54) is 41.5 Å². The van der Waals surface area contributed by atoms with E-state index in [9.17, 15) is 24.9 Å². The summed E-state index contributed by atoms with van der Waals surface area (Å²) >= 11 is 0. The van der Waals surface area contributed by atoms with Crippen LogP contribution in [-0.4, -0.2) is 74.5 Å². The van der Waals surface area contributed by atoms with Gasteiger partial charge >= 0.3 is 7.82 Å².